The maximum Gasteiger partial charge on any atom is 0.321 e. The molecule has 0 radical (unpaired) electrons. The molecule has 2 amide bonds. The van der Waals surface area contributed by atoms with E-state index in [2.05, 4.69) is 34.2 Å². The molecule has 2 aliphatic heterocycles. The Hall–Kier alpha value is -3.66. The summed E-state index contributed by atoms with van der Waals surface area (Å²) in [6.07, 6.45) is 1.81. The molecule has 2 aliphatic rings. The lowest BCUT2D eigenvalue weighted by molar-refractivity contribution is -0.0585. The van der Waals surface area contributed by atoms with Gasteiger partial charge in [-0.15, -0.1) is 0 Å². The Balaban J connectivity index is 1.32. The number of fused-ring (bicyclic) bond motifs is 1. The molecule has 2 heterocycles. The normalized spacial score (nSPS) is 21.7. The van der Waals surface area contributed by atoms with E-state index in [1.807, 2.05) is 42.5 Å². The smallest absolute Gasteiger partial charge is 0.321 e. The first kappa shape index (κ1) is 24.1. The first-order valence-electron chi connectivity index (χ1n) is 12.5. The van der Waals surface area contributed by atoms with Crippen molar-refractivity contribution in [1.82, 2.24) is 9.80 Å². The lowest BCUT2D eigenvalue weighted by Crippen LogP contribution is -2.68. The molecule has 2 N–H and O–H groups in total. The van der Waals surface area contributed by atoms with Gasteiger partial charge in [-0.05, 0) is 61.3 Å². The van der Waals surface area contributed by atoms with Crippen molar-refractivity contribution >= 4 is 11.7 Å². The van der Waals surface area contributed by atoms with Gasteiger partial charge in [0.2, 0.25) is 0 Å². The molecule has 6 heteroatoms. The number of carbonyl (C=O) groups is 1. The molecule has 36 heavy (non-hydrogen) atoms. The fourth-order valence-corrected chi connectivity index (χ4v) is 5.34. The van der Waals surface area contributed by atoms with Crippen LogP contribution in [0.3, 0.4) is 0 Å². The number of nitrogens with one attached hydrogen (secondary N) is 1. The second-order valence-electron chi connectivity index (χ2n) is 9.38. The number of anilines is 1. The van der Waals surface area contributed by atoms with E-state index in [4.69, 9.17) is 0 Å². The Kier molecular flexibility index (Phi) is 7.31. The van der Waals surface area contributed by atoms with Gasteiger partial charge in [-0.1, -0.05) is 54.3 Å². The van der Waals surface area contributed by atoms with Gasteiger partial charge in [-0.25, -0.2) is 9.18 Å². The Morgan fingerprint density at radius 1 is 0.917 bits per heavy atom. The Labute approximate surface area is 211 Å². The maximum atomic E-state index is 14.1. The van der Waals surface area contributed by atoms with Crippen LogP contribution in [0.5, 0.6) is 0 Å². The summed E-state index contributed by atoms with van der Waals surface area (Å²) in [6.45, 7) is 2.11. The van der Waals surface area contributed by atoms with Crippen molar-refractivity contribution in [3.8, 4) is 11.8 Å². The maximum absolute atomic E-state index is 14.1. The Morgan fingerprint density at radius 2 is 1.58 bits per heavy atom. The molecule has 2 fully saturated rings. The zero-order chi connectivity index (χ0) is 24.9. The average molecular weight is 484 g/mol. The summed E-state index contributed by atoms with van der Waals surface area (Å²) in [5, 5.41) is 12.9. The lowest BCUT2D eigenvalue weighted by atomic mass is 9.74. The number of nitrogens with zero attached hydrogens (tertiary/aromatic N) is 2. The Bertz CT molecular complexity index is 1250. The molecule has 3 atom stereocenters. The second-order valence-corrected chi connectivity index (χ2v) is 9.38. The first-order valence-corrected chi connectivity index (χ1v) is 12.5. The van der Waals surface area contributed by atoms with Crippen molar-refractivity contribution in [2.75, 3.05) is 31.6 Å². The summed E-state index contributed by atoms with van der Waals surface area (Å²) < 4.78 is 14.1. The third kappa shape index (κ3) is 5.13. The minimum absolute atomic E-state index is 0.0193. The number of halogens is 1. The number of urea groups is 1. The number of benzene rings is 3. The molecule has 0 unspecified atom stereocenters. The lowest BCUT2D eigenvalue weighted by Gasteiger charge is -2.57. The molecule has 3 aromatic carbocycles. The molecule has 2 saturated heterocycles. The number of amides is 2. The molecule has 184 valence electrons. The highest BCUT2D eigenvalue weighted by Gasteiger charge is 2.49. The second kappa shape index (κ2) is 10.9. The van der Waals surface area contributed by atoms with E-state index >= 15 is 0 Å². The summed E-state index contributed by atoms with van der Waals surface area (Å²) >= 11 is 0. The average Bonchev–Trinajstić information content (AvgIpc) is 2.89. The highest BCUT2D eigenvalue weighted by molar-refractivity contribution is 5.89. The number of aliphatic hydroxyl groups is 1. The van der Waals surface area contributed by atoms with Crippen molar-refractivity contribution in [1.29, 1.82) is 0 Å². The van der Waals surface area contributed by atoms with Crippen LogP contribution in [0.15, 0.2) is 78.9 Å². The fraction of sp³-hybridized carbons (Fsp3) is 0.300. The SMILES string of the molecule is O=C(Nc1ccccc1F)N1CCCCN2[C@H](CO)[C@H](c3ccc(C#Cc4ccccc4)cc3)[C@H]2C1. The van der Waals surface area contributed by atoms with Gasteiger partial charge in [0, 0.05) is 42.2 Å². The number of hydrogen-bond acceptors (Lipinski definition) is 3. The quantitative estimate of drug-likeness (QED) is 0.532. The molecule has 5 rings (SSSR count). The minimum atomic E-state index is -0.447. The topological polar surface area (TPSA) is 55.8 Å². The van der Waals surface area contributed by atoms with E-state index in [0.717, 1.165) is 36.1 Å². The van der Waals surface area contributed by atoms with E-state index in [1.54, 1.807) is 23.1 Å². The van der Waals surface area contributed by atoms with Crippen molar-refractivity contribution < 1.29 is 14.3 Å². The number of carbonyl (C=O) groups excluding carboxylic acids is 1. The summed E-state index contributed by atoms with van der Waals surface area (Å²) in [4.78, 5) is 17.2. The van der Waals surface area contributed by atoms with E-state index in [0.29, 0.717) is 13.1 Å². The highest BCUT2D eigenvalue weighted by Crippen LogP contribution is 2.42. The molecule has 5 nitrogen and oxygen atoms in total. The minimum Gasteiger partial charge on any atom is -0.395 e. The van der Waals surface area contributed by atoms with Crippen LogP contribution in [-0.2, 0) is 0 Å². The molecule has 3 aromatic rings. The van der Waals surface area contributed by atoms with E-state index in [1.165, 1.54) is 6.07 Å². The summed E-state index contributed by atoms with van der Waals surface area (Å²) in [5.41, 5.74) is 3.23. The number of rotatable bonds is 3. The van der Waals surface area contributed by atoms with E-state index in [9.17, 15) is 14.3 Å². The molecule has 0 spiro atoms. The molecule has 0 aliphatic carbocycles. The summed E-state index contributed by atoms with van der Waals surface area (Å²) in [6, 6.07) is 24.1. The number of hydrogen-bond donors (Lipinski definition) is 2. The van der Waals surface area contributed by atoms with Gasteiger partial charge in [0.05, 0.1) is 12.3 Å². The molecule has 0 bridgehead atoms. The number of para-hydroxylation sites is 1. The predicted octanol–water partition coefficient (Wildman–Crippen LogP) is 4.68. The molecular formula is C30H30FN3O2. The zero-order valence-corrected chi connectivity index (χ0v) is 20.1. The van der Waals surface area contributed by atoms with Crippen molar-refractivity contribution in [3.05, 3.63) is 101 Å². The van der Waals surface area contributed by atoms with Crippen molar-refractivity contribution in [2.45, 2.75) is 30.8 Å². The highest BCUT2D eigenvalue weighted by atomic mass is 19.1. The van der Waals surface area contributed by atoms with Crippen LogP contribution in [0.25, 0.3) is 0 Å². The van der Waals surface area contributed by atoms with Crippen LogP contribution in [-0.4, -0.2) is 59.3 Å². The zero-order valence-electron chi connectivity index (χ0n) is 20.1. The third-order valence-corrected chi connectivity index (χ3v) is 7.19. The number of aliphatic hydroxyl groups excluding tert-OH is 1. The van der Waals surface area contributed by atoms with Crippen molar-refractivity contribution in [3.63, 3.8) is 0 Å². The van der Waals surface area contributed by atoms with E-state index < -0.39 is 5.82 Å². The fourth-order valence-electron chi connectivity index (χ4n) is 5.34. The van der Waals surface area contributed by atoms with Gasteiger partial charge in [-0.3, -0.25) is 4.90 Å². The van der Waals surface area contributed by atoms with Crippen molar-refractivity contribution in [2.24, 2.45) is 0 Å². The van der Waals surface area contributed by atoms with Gasteiger partial charge < -0.3 is 15.3 Å². The first-order chi connectivity index (χ1) is 17.6. The van der Waals surface area contributed by atoms with Gasteiger partial charge in [-0.2, -0.15) is 0 Å². The summed E-state index contributed by atoms with van der Waals surface area (Å²) in [5.74, 6) is 6.05. The molecular weight excluding hydrogens is 453 g/mol. The third-order valence-electron chi connectivity index (χ3n) is 7.19. The van der Waals surface area contributed by atoms with Gasteiger partial charge in [0.25, 0.3) is 0 Å². The van der Waals surface area contributed by atoms with Crippen LogP contribution in [0, 0.1) is 17.7 Å². The standard InChI is InChI=1S/C30H30FN3O2/c31-25-10-4-5-11-26(25)32-30(36)33-18-6-7-19-34-27(20-33)29(28(34)21-35)24-16-14-23(15-17-24)13-12-22-8-2-1-3-9-22/h1-5,8-11,14-17,27-29,35H,6-7,18-21H2,(H,32,36)/t27-,28-,29-/m1/s1. The molecule has 0 aromatic heterocycles. The predicted molar refractivity (Wildman–Crippen MR) is 139 cm³/mol. The van der Waals surface area contributed by atoms with Gasteiger partial charge >= 0.3 is 6.03 Å². The van der Waals surface area contributed by atoms with Crippen LogP contribution in [0.2, 0.25) is 0 Å². The summed E-state index contributed by atoms with van der Waals surface area (Å²) in [7, 11) is 0. The van der Waals surface area contributed by atoms with Crippen LogP contribution in [0.1, 0.15) is 35.4 Å². The largest absolute Gasteiger partial charge is 0.395 e. The van der Waals surface area contributed by atoms with Gasteiger partial charge in [0.15, 0.2) is 0 Å². The van der Waals surface area contributed by atoms with E-state index in [-0.39, 0.29) is 36.3 Å². The van der Waals surface area contributed by atoms with Crippen LogP contribution in [0.4, 0.5) is 14.9 Å². The Morgan fingerprint density at radius 3 is 2.31 bits per heavy atom. The molecule has 0 saturated carbocycles. The van der Waals surface area contributed by atoms with Gasteiger partial charge in [0.1, 0.15) is 5.82 Å². The monoisotopic (exact) mass is 483 g/mol. The van der Waals surface area contributed by atoms with Crippen LogP contribution >= 0.6 is 0 Å². The van der Waals surface area contributed by atoms with Crippen LogP contribution < -0.4 is 5.32 Å².